The molecule has 1 aliphatic rings. The number of carbonyl (C=O) groups excluding carboxylic acids is 1. The fourth-order valence-corrected chi connectivity index (χ4v) is 1.02. The Morgan fingerprint density at radius 2 is 1.91 bits per heavy atom. The highest BCUT2D eigenvalue weighted by Gasteiger charge is 2.34. The number of alkyl halides is 3. The van der Waals surface area contributed by atoms with Gasteiger partial charge in [-0.1, -0.05) is 0 Å². The summed E-state index contributed by atoms with van der Waals surface area (Å²) < 4.78 is 35.7. The second kappa shape index (κ2) is 2.68. The largest absolute Gasteiger partial charge is 0.412 e. The number of hydrogen-bond acceptors (Lipinski definition) is 1. The van der Waals surface area contributed by atoms with Crippen LogP contribution < -0.4 is 0 Å². The summed E-state index contributed by atoms with van der Waals surface area (Å²) in [5.74, 6) is -0.413. The second-order valence-electron chi connectivity index (χ2n) is 2.49. The third-order valence-electron chi connectivity index (χ3n) is 1.57. The molecule has 0 saturated carbocycles. The lowest BCUT2D eigenvalue weighted by Crippen LogP contribution is -2.16. The Kier molecular flexibility index (Phi) is 2.02. The van der Waals surface area contributed by atoms with Gasteiger partial charge in [-0.15, -0.1) is 0 Å². The summed E-state index contributed by atoms with van der Waals surface area (Å²) >= 11 is 0. The molecule has 0 fully saturated rings. The molecule has 0 aromatic rings. The predicted molar refractivity (Wildman–Crippen MR) is 33.0 cm³/mol. The van der Waals surface area contributed by atoms with Crippen molar-refractivity contribution >= 4 is 5.78 Å². The smallest absolute Gasteiger partial charge is 0.295 e. The molecule has 4 heteroatoms. The van der Waals surface area contributed by atoms with Crippen LogP contribution in [0.5, 0.6) is 0 Å². The van der Waals surface area contributed by atoms with Crippen LogP contribution in [0, 0.1) is 0 Å². The van der Waals surface area contributed by atoms with Gasteiger partial charge in [0.25, 0.3) is 0 Å². The molecule has 1 rings (SSSR count). The van der Waals surface area contributed by atoms with Crippen molar-refractivity contribution in [3.63, 3.8) is 0 Å². The zero-order chi connectivity index (χ0) is 8.48. The lowest BCUT2D eigenvalue weighted by molar-refractivity contribution is -0.118. The van der Waals surface area contributed by atoms with E-state index in [4.69, 9.17) is 0 Å². The van der Waals surface area contributed by atoms with Gasteiger partial charge in [-0.2, -0.15) is 13.2 Å². The predicted octanol–water partition coefficient (Wildman–Crippen LogP) is 2.23. The molecule has 0 amide bonds. The molecule has 0 spiro atoms. The van der Waals surface area contributed by atoms with E-state index in [1.54, 1.807) is 0 Å². The molecule has 0 saturated heterocycles. The van der Waals surface area contributed by atoms with Crippen molar-refractivity contribution in [1.29, 1.82) is 0 Å². The van der Waals surface area contributed by atoms with Crippen LogP contribution in [0.15, 0.2) is 11.6 Å². The third kappa shape index (κ3) is 2.06. The summed E-state index contributed by atoms with van der Waals surface area (Å²) in [5.41, 5.74) is -0.686. The van der Waals surface area contributed by atoms with Gasteiger partial charge in [-0.05, 0) is 18.9 Å². The molecule has 0 aliphatic heterocycles. The summed E-state index contributed by atoms with van der Waals surface area (Å²) in [4.78, 5) is 10.5. The van der Waals surface area contributed by atoms with Crippen LogP contribution in [-0.4, -0.2) is 12.0 Å². The highest BCUT2D eigenvalue weighted by Crippen LogP contribution is 2.31. The van der Waals surface area contributed by atoms with Crippen LogP contribution in [0.1, 0.15) is 19.3 Å². The van der Waals surface area contributed by atoms with Crippen molar-refractivity contribution in [2.75, 3.05) is 0 Å². The molecule has 0 N–H and O–H groups in total. The maximum Gasteiger partial charge on any atom is 0.412 e. The van der Waals surface area contributed by atoms with Crippen LogP contribution in [0.2, 0.25) is 0 Å². The summed E-state index contributed by atoms with van der Waals surface area (Å²) in [5, 5.41) is 0. The maximum absolute atomic E-state index is 11.9. The van der Waals surface area contributed by atoms with Gasteiger partial charge in [0.05, 0.1) is 0 Å². The number of rotatable bonds is 0. The minimum absolute atomic E-state index is 0.0186. The molecule has 1 nitrogen and oxygen atoms in total. The molecule has 62 valence electrons. The fraction of sp³-hybridized carbons (Fsp3) is 0.571. The summed E-state index contributed by atoms with van der Waals surface area (Å²) in [6.07, 6.45) is -3.04. The lowest BCUT2D eigenvalue weighted by atomic mass is 9.98. The molecular formula is C7H7F3O. The SMILES string of the molecule is O=C1C=C(C(F)(F)F)CCC1. The fourth-order valence-electron chi connectivity index (χ4n) is 1.02. The van der Waals surface area contributed by atoms with E-state index in [-0.39, 0.29) is 12.8 Å². The van der Waals surface area contributed by atoms with Crippen molar-refractivity contribution in [1.82, 2.24) is 0 Å². The van der Waals surface area contributed by atoms with Gasteiger partial charge in [-0.3, -0.25) is 4.79 Å². The van der Waals surface area contributed by atoms with Gasteiger partial charge in [0.15, 0.2) is 5.78 Å². The van der Waals surface area contributed by atoms with Gasteiger partial charge < -0.3 is 0 Å². The minimum Gasteiger partial charge on any atom is -0.295 e. The Morgan fingerprint density at radius 3 is 2.27 bits per heavy atom. The van der Waals surface area contributed by atoms with Crippen LogP contribution in [0.25, 0.3) is 0 Å². The zero-order valence-corrected chi connectivity index (χ0v) is 5.74. The Hall–Kier alpha value is -0.800. The molecule has 0 heterocycles. The number of allylic oxidation sites excluding steroid dienone is 2. The molecular weight excluding hydrogens is 157 g/mol. The molecule has 0 radical (unpaired) electrons. The van der Waals surface area contributed by atoms with E-state index in [1.807, 2.05) is 0 Å². The number of carbonyl (C=O) groups is 1. The van der Waals surface area contributed by atoms with E-state index in [9.17, 15) is 18.0 Å². The first-order valence-corrected chi connectivity index (χ1v) is 3.31. The molecule has 0 unspecified atom stereocenters. The van der Waals surface area contributed by atoms with Crippen molar-refractivity contribution in [2.24, 2.45) is 0 Å². The average Bonchev–Trinajstić information content (AvgIpc) is 1.86. The maximum atomic E-state index is 11.9. The van der Waals surface area contributed by atoms with Crippen LogP contribution in [0.3, 0.4) is 0 Å². The Morgan fingerprint density at radius 1 is 1.27 bits per heavy atom. The Bertz CT molecular complexity index is 202. The quantitative estimate of drug-likeness (QED) is 0.536. The number of hydrogen-bond donors (Lipinski definition) is 0. The van der Waals surface area contributed by atoms with E-state index in [0.717, 1.165) is 0 Å². The first-order valence-electron chi connectivity index (χ1n) is 3.31. The van der Waals surface area contributed by atoms with Gasteiger partial charge in [0, 0.05) is 12.0 Å². The summed E-state index contributed by atoms with van der Waals surface area (Å²) in [7, 11) is 0. The molecule has 1 aliphatic carbocycles. The van der Waals surface area contributed by atoms with E-state index < -0.39 is 17.5 Å². The summed E-state index contributed by atoms with van der Waals surface area (Å²) in [6, 6.07) is 0. The highest BCUT2D eigenvalue weighted by molar-refractivity contribution is 5.91. The number of ketones is 1. The van der Waals surface area contributed by atoms with Crippen molar-refractivity contribution < 1.29 is 18.0 Å². The minimum atomic E-state index is -4.31. The molecule has 0 bridgehead atoms. The monoisotopic (exact) mass is 164 g/mol. The van der Waals surface area contributed by atoms with Crippen molar-refractivity contribution in [3.8, 4) is 0 Å². The molecule has 0 aromatic carbocycles. The van der Waals surface area contributed by atoms with Gasteiger partial charge in [0.2, 0.25) is 0 Å². The van der Waals surface area contributed by atoms with Gasteiger partial charge in [0.1, 0.15) is 0 Å². The van der Waals surface area contributed by atoms with Crippen molar-refractivity contribution in [3.05, 3.63) is 11.6 Å². The highest BCUT2D eigenvalue weighted by atomic mass is 19.4. The topological polar surface area (TPSA) is 17.1 Å². The average molecular weight is 164 g/mol. The first kappa shape index (κ1) is 8.30. The molecule has 0 aromatic heterocycles. The van der Waals surface area contributed by atoms with E-state index in [0.29, 0.717) is 12.5 Å². The van der Waals surface area contributed by atoms with Crippen LogP contribution >= 0.6 is 0 Å². The standard InChI is InChI=1S/C7H7F3O/c8-7(9,10)5-2-1-3-6(11)4-5/h4H,1-3H2. The Balaban J connectivity index is 2.79. The Labute approximate surface area is 61.9 Å². The van der Waals surface area contributed by atoms with E-state index >= 15 is 0 Å². The van der Waals surface area contributed by atoms with Gasteiger partial charge >= 0.3 is 6.18 Å². The lowest BCUT2D eigenvalue weighted by Gasteiger charge is -2.14. The molecule has 0 atom stereocenters. The third-order valence-corrected chi connectivity index (χ3v) is 1.57. The van der Waals surface area contributed by atoms with Crippen LogP contribution in [0.4, 0.5) is 13.2 Å². The zero-order valence-electron chi connectivity index (χ0n) is 5.74. The normalized spacial score (nSPS) is 19.9. The van der Waals surface area contributed by atoms with E-state index in [2.05, 4.69) is 0 Å². The van der Waals surface area contributed by atoms with Crippen LogP contribution in [-0.2, 0) is 4.79 Å². The van der Waals surface area contributed by atoms with Crippen molar-refractivity contribution in [2.45, 2.75) is 25.4 Å². The summed E-state index contributed by atoms with van der Waals surface area (Å²) in [6.45, 7) is 0. The second-order valence-corrected chi connectivity index (χ2v) is 2.49. The van der Waals surface area contributed by atoms with Gasteiger partial charge in [-0.25, -0.2) is 0 Å². The molecule has 11 heavy (non-hydrogen) atoms. The number of halogens is 3. The van der Waals surface area contributed by atoms with E-state index in [1.165, 1.54) is 0 Å². The first-order chi connectivity index (χ1) is 5.00.